The molecule has 1 saturated heterocycles. The van der Waals surface area contributed by atoms with Crippen LogP contribution in [-0.2, 0) is 4.79 Å². The van der Waals surface area contributed by atoms with Crippen LogP contribution in [0.4, 0.5) is 15.8 Å². The highest BCUT2D eigenvalue weighted by molar-refractivity contribution is 6.05. The van der Waals surface area contributed by atoms with Crippen LogP contribution in [0.2, 0.25) is 0 Å². The summed E-state index contributed by atoms with van der Waals surface area (Å²) in [6, 6.07) is 15.2. The number of nitrogens with zero attached hydrogens (tertiary/aromatic N) is 4. The fraction of sp³-hybridized carbons (Fsp3) is 0.233. The molecular formula is C30H29FN6O3. The molecule has 2 aromatic carbocycles. The summed E-state index contributed by atoms with van der Waals surface area (Å²) in [6.07, 6.45) is 6.37. The third-order valence-electron chi connectivity index (χ3n) is 6.94. The molecule has 9 nitrogen and oxygen atoms in total. The molecule has 1 aliphatic rings. The molecule has 1 aliphatic heterocycles. The molecule has 0 radical (unpaired) electrons. The van der Waals surface area contributed by atoms with Crippen molar-refractivity contribution in [1.82, 2.24) is 19.4 Å². The molecule has 40 heavy (non-hydrogen) atoms. The number of anilines is 2. The molecule has 10 heteroatoms. The Labute approximate surface area is 231 Å². The van der Waals surface area contributed by atoms with Crippen LogP contribution >= 0.6 is 0 Å². The van der Waals surface area contributed by atoms with Crippen molar-refractivity contribution in [3.63, 3.8) is 0 Å². The summed E-state index contributed by atoms with van der Waals surface area (Å²) in [5.41, 5.74) is 3.54. The molecule has 0 bridgehead atoms. The second kappa shape index (κ2) is 11.5. The first kappa shape index (κ1) is 26.7. The maximum Gasteiger partial charge on any atom is 0.258 e. The summed E-state index contributed by atoms with van der Waals surface area (Å²) in [5, 5.41) is 5.50. The van der Waals surface area contributed by atoms with Gasteiger partial charge in [0.1, 0.15) is 5.82 Å². The van der Waals surface area contributed by atoms with Gasteiger partial charge in [-0.1, -0.05) is 6.07 Å². The molecular weight excluding hydrogens is 511 g/mol. The molecule has 1 fully saturated rings. The maximum absolute atomic E-state index is 14.6. The average Bonchev–Trinajstić information content (AvgIpc) is 3.48. The third-order valence-corrected chi connectivity index (χ3v) is 6.94. The monoisotopic (exact) mass is 540 g/mol. The lowest BCUT2D eigenvalue weighted by molar-refractivity contribution is -0.114. The van der Waals surface area contributed by atoms with Gasteiger partial charge in [0.05, 0.1) is 28.8 Å². The van der Waals surface area contributed by atoms with Gasteiger partial charge in [-0.15, -0.1) is 0 Å². The van der Waals surface area contributed by atoms with Crippen molar-refractivity contribution in [3.8, 4) is 5.69 Å². The number of halogens is 1. The van der Waals surface area contributed by atoms with Crippen molar-refractivity contribution >= 4 is 29.1 Å². The molecule has 2 aromatic heterocycles. The number of amides is 3. The van der Waals surface area contributed by atoms with E-state index < -0.39 is 11.7 Å². The van der Waals surface area contributed by atoms with Crippen LogP contribution in [0, 0.1) is 12.7 Å². The van der Waals surface area contributed by atoms with E-state index in [2.05, 4.69) is 15.6 Å². The molecule has 2 N–H and O–H groups in total. The van der Waals surface area contributed by atoms with Crippen LogP contribution in [0.15, 0.2) is 73.3 Å². The number of aryl methyl sites for hydroxylation is 1. The first-order chi connectivity index (χ1) is 19.3. The zero-order valence-corrected chi connectivity index (χ0v) is 22.2. The quantitative estimate of drug-likeness (QED) is 0.360. The number of benzene rings is 2. The number of carbonyl (C=O) groups excluding carboxylic acids is 3. The first-order valence-electron chi connectivity index (χ1n) is 13.0. The Kier molecular flexibility index (Phi) is 7.68. The Balaban J connectivity index is 1.29. The van der Waals surface area contributed by atoms with E-state index in [1.807, 2.05) is 42.0 Å². The summed E-state index contributed by atoms with van der Waals surface area (Å²) in [6.45, 7) is 3.91. The Hall–Kier alpha value is -4.86. The predicted octanol–water partition coefficient (Wildman–Crippen LogP) is 4.95. The van der Waals surface area contributed by atoms with Crippen LogP contribution in [-0.4, -0.2) is 50.2 Å². The number of piperidine rings is 1. The highest BCUT2D eigenvalue weighted by Gasteiger charge is 2.30. The largest absolute Gasteiger partial charge is 0.338 e. The molecule has 4 aromatic rings. The Morgan fingerprint density at radius 2 is 1.73 bits per heavy atom. The SMILES string of the molecule is CC(=O)Nc1cccc(F)c1C(=O)N1CCC(c2nc(C)ccc2C(=O)Nc2ccc(-n3ccnc3)cc2)CC1. The lowest BCUT2D eigenvalue weighted by Gasteiger charge is -2.33. The van der Waals surface area contributed by atoms with E-state index in [9.17, 15) is 18.8 Å². The van der Waals surface area contributed by atoms with Gasteiger partial charge in [0.15, 0.2) is 0 Å². The number of imidazole rings is 1. The topological polar surface area (TPSA) is 109 Å². The first-order valence-corrected chi connectivity index (χ1v) is 13.0. The second-order valence-corrected chi connectivity index (χ2v) is 9.77. The van der Waals surface area contributed by atoms with Crippen LogP contribution < -0.4 is 10.6 Å². The van der Waals surface area contributed by atoms with Crippen LogP contribution in [0.25, 0.3) is 5.69 Å². The van der Waals surface area contributed by atoms with E-state index in [0.29, 0.717) is 42.9 Å². The van der Waals surface area contributed by atoms with E-state index in [4.69, 9.17) is 4.98 Å². The molecule has 0 spiro atoms. The number of hydrogen-bond donors (Lipinski definition) is 2. The lowest BCUT2D eigenvalue weighted by Crippen LogP contribution is -2.39. The van der Waals surface area contributed by atoms with Crippen LogP contribution in [0.3, 0.4) is 0 Å². The highest BCUT2D eigenvalue weighted by atomic mass is 19.1. The average molecular weight is 541 g/mol. The second-order valence-electron chi connectivity index (χ2n) is 9.77. The van der Waals surface area contributed by atoms with Crippen molar-refractivity contribution in [1.29, 1.82) is 0 Å². The molecule has 3 amide bonds. The number of hydrogen-bond acceptors (Lipinski definition) is 5. The lowest BCUT2D eigenvalue weighted by atomic mass is 9.89. The summed E-state index contributed by atoms with van der Waals surface area (Å²) in [5.74, 6) is -1.86. The Bertz CT molecular complexity index is 1540. The third kappa shape index (κ3) is 5.75. The molecule has 204 valence electrons. The minimum Gasteiger partial charge on any atom is -0.338 e. The standard InChI is InChI=1S/C30H29FN6O3/c1-19-6-11-24(29(39)35-22-7-9-23(10-8-22)37-17-14-32-18-37)28(33-19)21-12-15-36(16-13-21)30(40)27-25(31)4-3-5-26(27)34-20(2)38/h3-11,14,17-18,21H,12-13,15-16H2,1-2H3,(H,34,38)(H,35,39). The van der Waals surface area contributed by atoms with Crippen molar-refractivity contribution in [2.75, 3.05) is 23.7 Å². The molecule has 0 saturated carbocycles. The van der Waals surface area contributed by atoms with Gasteiger partial charge in [0, 0.05) is 55.4 Å². The summed E-state index contributed by atoms with van der Waals surface area (Å²) >= 11 is 0. The van der Waals surface area contributed by atoms with Gasteiger partial charge in [-0.05, 0) is 68.3 Å². The molecule has 0 aliphatic carbocycles. The number of aromatic nitrogens is 3. The zero-order chi connectivity index (χ0) is 28.2. The number of nitrogens with one attached hydrogen (secondary N) is 2. The van der Waals surface area contributed by atoms with Gasteiger partial charge in [0.25, 0.3) is 11.8 Å². The predicted molar refractivity (Wildman–Crippen MR) is 149 cm³/mol. The minimum absolute atomic E-state index is 0.0521. The fourth-order valence-corrected chi connectivity index (χ4v) is 4.96. The zero-order valence-electron chi connectivity index (χ0n) is 22.2. The summed E-state index contributed by atoms with van der Waals surface area (Å²) in [4.78, 5) is 48.5. The van der Waals surface area contributed by atoms with Crippen molar-refractivity contribution in [2.24, 2.45) is 0 Å². The van der Waals surface area contributed by atoms with E-state index in [1.165, 1.54) is 25.1 Å². The summed E-state index contributed by atoms with van der Waals surface area (Å²) < 4.78 is 16.5. The normalized spacial score (nSPS) is 13.6. The van der Waals surface area contributed by atoms with Crippen LogP contribution in [0.1, 0.15) is 57.8 Å². The van der Waals surface area contributed by atoms with E-state index in [-0.39, 0.29) is 29.0 Å². The molecule has 0 atom stereocenters. The number of rotatable bonds is 6. The van der Waals surface area contributed by atoms with E-state index in [1.54, 1.807) is 29.6 Å². The molecule has 3 heterocycles. The van der Waals surface area contributed by atoms with Gasteiger partial charge in [-0.25, -0.2) is 9.37 Å². The van der Waals surface area contributed by atoms with Gasteiger partial charge in [-0.2, -0.15) is 0 Å². The van der Waals surface area contributed by atoms with E-state index in [0.717, 1.165) is 11.4 Å². The number of pyridine rings is 1. The van der Waals surface area contributed by atoms with Crippen molar-refractivity contribution in [3.05, 3.63) is 102 Å². The van der Waals surface area contributed by atoms with Crippen molar-refractivity contribution < 1.29 is 18.8 Å². The fourth-order valence-electron chi connectivity index (χ4n) is 4.96. The molecule has 0 unspecified atom stereocenters. The highest BCUT2D eigenvalue weighted by Crippen LogP contribution is 2.32. The maximum atomic E-state index is 14.6. The van der Waals surface area contributed by atoms with Crippen molar-refractivity contribution in [2.45, 2.75) is 32.6 Å². The Morgan fingerprint density at radius 3 is 2.40 bits per heavy atom. The minimum atomic E-state index is -0.684. The number of likely N-dealkylation sites (tertiary alicyclic amines) is 1. The Morgan fingerprint density at radius 1 is 0.975 bits per heavy atom. The van der Waals surface area contributed by atoms with Gasteiger partial charge < -0.3 is 20.1 Å². The number of carbonyl (C=O) groups is 3. The smallest absolute Gasteiger partial charge is 0.258 e. The van der Waals surface area contributed by atoms with Crippen LogP contribution in [0.5, 0.6) is 0 Å². The molecule has 5 rings (SSSR count). The van der Waals surface area contributed by atoms with Gasteiger partial charge in [-0.3, -0.25) is 19.4 Å². The van der Waals surface area contributed by atoms with Gasteiger partial charge >= 0.3 is 0 Å². The summed E-state index contributed by atoms with van der Waals surface area (Å²) in [7, 11) is 0. The van der Waals surface area contributed by atoms with E-state index >= 15 is 0 Å². The van der Waals surface area contributed by atoms with Gasteiger partial charge in [0.2, 0.25) is 5.91 Å².